The first-order valence-corrected chi connectivity index (χ1v) is 8.23. The lowest BCUT2D eigenvalue weighted by Gasteiger charge is -2.09. The molecule has 0 aliphatic heterocycles. The summed E-state index contributed by atoms with van der Waals surface area (Å²) in [4.78, 5) is 22.9. The minimum Gasteiger partial charge on any atom is -0.481 e. The van der Waals surface area contributed by atoms with Crippen molar-refractivity contribution in [3.05, 3.63) is 65.2 Å². The molecule has 0 aromatic heterocycles. The molecule has 0 saturated carbocycles. The van der Waals surface area contributed by atoms with Crippen LogP contribution in [-0.4, -0.2) is 29.5 Å². The molecular weight excluding hydrogens is 332 g/mol. The number of carboxylic acids is 1. The number of carbonyl (C=O) groups is 2. The van der Waals surface area contributed by atoms with Gasteiger partial charge in [0.1, 0.15) is 0 Å². The van der Waals surface area contributed by atoms with Gasteiger partial charge in [-0.15, -0.1) is 0 Å². The van der Waals surface area contributed by atoms with E-state index in [4.69, 9.17) is 16.2 Å². The van der Waals surface area contributed by atoms with Crippen LogP contribution in [0.15, 0.2) is 48.5 Å². The zero-order valence-corrected chi connectivity index (χ0v) is 14.3. The highest BCUT2D eigenvalue weighted by Gasteiger charge is 2.06. The number of carbonyl (C=O) groups excluding carboxylic acids is 1. The predicted molar refractivity (Wildman–Crippen MR) is 100 cm³/mol. The van der Waals surface area contributed by atoms with Crippen LogP contribution in [0.2, 0.25) is 0 Å². The highest BCUT2D eigenvalue weighted by molar-refractivity contribution is 5.96. The fourth-order valence-electron chi connectivity index (χ4n) is 2.51. The van der Waals surface area contributed by atoms with E-state index in [-0.39, 0.29) is 18.3 Å². The van der Waals surface area contributed by atoms with E-state index in [1.165, 1.54) is 0 Å². The molecule has 0 fully saturated rings. The number of anilines is 1. The largest absolute Gasteiger partial charge is 0.481 e. The average Bonchev–Trinajstić information content (AvgIpc) is 2.60. The summed E-state index contributed by atoms with van der Waals surface area (Å²) in [5.74, 6) is -1.21. The van der Waals surface area contributed by atoms with Crippen LogP contribution in [0.4, 0.5) is 5.69 Å². The number of carboxylic acid groups (broad SMARTS) is 1. The normalized spacial score (nSPS) is 10.2. The molecule has 2 aromatic carbocycles. The van der Waals surface area contributed by atoms with Gasteiger partial charge in [-0.3, -0.25) is 15.0 Å². The summed E-state index contributed by atoms with van der Waals surface area (Å²) >= 11 is 0. The second-order valence-electron chi connectivity index (χ2n) is 5.84. The van der Waals surface area contributed by atoms with Crippen molar-refractivity contribution in [3.8, 4) is 0 Å². The number of aliphatic carboxylic acids is 1. The van der Waals surface area contributed by atoms with Gasteiger partial charge in [-0.25, -0.2) is 0 Å². The molecule has 2 rings (SSSR count). The third-order valence-corrected chi connectivity index (χ3v) is 3.72. The first-order chi connectivity index (χ1) is 12.4. The minimum absolute atomic E-state index is 0.102. The van der Waals surface area contributed by atoms with Gasteiger partial charge in [-0.2, -0.15) is 0 Å². The van der Waals surface area contributed by atoms with Crippen LogP contribution in [0.1, 0.15) is 27.9 Å². The highest BCUT2D eigenvalue weighted by atomic mass is 16.4. The van der Waals surface area contributed by atoms with Crippen molar-refractivity contribution >= 4 is 23.5 Å². The van der Waals surface area contributed by atoms with Gasteiger partial charge in [0, 0.05) is 24.2 Å². The summed E-state index contributed by atoms with van der Waals surface area (Å²) in [6.07, 6.45) is 1.24. The number of hydrogen-bond donors (Lipinski definition) is 5. The van der Waals surface area contributed by atoms with Crippen LogP contribution in [0, 0.1) is 5.41 Å². The number of nitrogens with two attached hydrogens (primary N) is 1. The Morgan fingerprint density at radius 2 is 1.73 bits per heavy atom. The summed E-state index contributed by atoms with van der Waals surface area (Å²) in [7, 11) is 0. The van der Waals surface area contributed by atoms with Crippen molar-refractivity contribution in [2.75, 3.05) is 11.9 Å². The third kappa shape index (κ3) is 6.27. The Hall–Kier alpha value is -3.35. The number of guanidine groups is 1. The smallest absolute Gasteiger partial charge is 0.303 e. The molecule has 7 nitrogen and oxygen atoms in total. The van der Waals surface area contributed by atoms with Gasteiger partial charge >= 0.3 is 5.97 Å². The summed E-state index contributed by atoms with van der Waals surface area (Å²) in [5.41, 5.74) is 8.36. The maximum Gasteiger partial charge on any atom is 0.303 e. The Kier molecular flexibility index (Phi) is 6.73. The minimum atomic E-state index is -0.816. The zero-order valence-electron chi connectivity index (χ0n) is 14.3. The molecule has 0 spiro atoms. The molecule has 0 saturated heterocycles. The SMILES string of the molecule is N=C(N)Nc1cccc(C(=O)NCCc2cccc(CCC(=O)O)c2)c1. The Labute approximate surface area is 151 Å². The number of amides is 1. The van der Waals surface area contributed by atoms with Crippen molar-refractivity contribution in [2.24, 2.45) is 5.73 Å². The predicted octanol–water partition coefficient (Wildman–Crippen LogP) is 1.98. The second kappa shape index (κ2) is 9.22. The van der Waals surface area contributed by atoms with E-state index < -0.39 is 5.97 Å². The molecule has 26 heavy (non-hydrogen) atoms. The van der Waals surface area contributed by atoms with Gasteiger partial charge in [-0.05, 0) is 42.2 Å². The van der Waals surface area contributed by atoms with Crippen molar-refractivity contribution in [2.45, 2.75) is 19.3 Å². The van der Waals surface area contributed by atoms with Crippen LogP contribution in [0.3, 0.4) is 0 Å². The van der Waals surface area contributed by atoms with E-state index in [1.807, 2.05) is 24.3 Å². The van der Waals surface area contributed by atoms with Gasteiger partial charge in [0.2, 0.25) is 0 Å². The van der Waals surface area contributed by atoms with Crippen LogP contribution >= 0.6 is 0 Å². The number of hydrogen-bond acceptors (Lipinski definition) is 3. The maximum absolute atomic E-state index is 12.2. The lowest BCUT2D eigenvalue weighted by Crippen LogP contribution is -2.26. The first kappa shape index (κ1) is 19.0. The molecular formula is C19H22N4O3. The van der Waals surface area contributed by atoms with Crippen molar-refractivity contribution in [1.82, 2.24) is 5.32 Å². The van der Waals surface area contributed by atoms with E-state index in [9.17, 15) is 9.59 Å². The van der Waals surface area contributed by atoms with E-state index in [0.717, 1.165) is 11.1 Å². The number of aryl methyl sites for hydroxylation is 1. The van der Waals surface area contributed by atoms with Crippen molar-refractivity contribution in [3.63, 3.8) is 0 Å². The fraction of sp³-hybridized carbons (Fsp3) is 0.211. The molecule has 6 N–H and O–H groups in total. The van der Waals surface area contributed by atoms with Gasteiger partial charge in [0.15, 0.2) is 5.96 Å². The molecule has 136 valence electrons. The third-order valence-electron chi connectivity index (χ3n) is 3.72. The summed E-state index contributed by atoms with van der Waals surface area (Å²) in [6.45, 7) is 0.464. The zero-order chi connectivity index (χ0) is 18.9. The van der Waals surface area contributed by atoms with Crippen LogP contribution in [0.25, 0.3) is 0 Å². The quantitative estimate of drug-likeness (QED) is 0.366. The fourth-order valence-corrected chi connectivity index (χ4v) is 2.51. The Morgan fingerprint density at radius 3 is 2.42 bits per heavy atom. The van der Waals surface area contributed by atoms with E-state index in [0.29, 0.717) is 30.6 Å². The molecule has 0 bridgehead atoms. The van der Waals surface area contributed by atoms with Crippen LogP contribution in [-0.2, 0) is 17.6 Å². The number of rotatable bonds is 8. The molecule has 0 unspecified atom stereocenters. The molecule has 2 aromatic rings. The summed E-state index contributed by atoms with van der Waals surface area (Å²) < 4.78 is 0. The molecule has 0 heterocycles. The molecule has 1 amide bonds. The van der Waals surface area contributed by atoms with Crippen LogP contribution < -0.4 is 16.4 Å². The molecule has 0 aliphatic carbocycles. The number of nitrogens with one attached hydrogen (secondary N) is 3. The molecule has 0 radical (unpaired) electrons. The second-order valence-corrected chi connectivity index (χ2v) is 5.84. The van der Waals surface area contributed by atoms with Gasteiger partial charge < -0.3 is 21.5 Å². The van der Waals surface area contributed by atoms with Gasteiger partial charge in [0.25, 0.3) is 5.91 Å². The maximum atomic E-state index is 12.2. The van der Waals surface area contributed by atoms with E-state index in [1.54, 1.807) is 24.3 Å². The van der Waals surface area contributed by atoms with Gasteiger partial charge in [-0.1, -0.05) is 30.3 Å². The number of benzene rings is 2. The standard InChI is InChI=1S/C19H22N4O3/c20-19(21)23-16-6-2-5-15(12-16)18(26)22-10-9-14-4-1-3-13(11-14)7-8-17(24)25/h1-6,11-12H,7-10H2,(H,22,26)(H,24,25)(H4,20,21,23). The average molecular weight is 354 g/mol. The highest BCUT2D eigenvalue weighted by Crippen LogP contribution is 2.11. The van der Waals surface area contributed by atoms with Crippen molar-refractivity contribution < 1.29 is 14.7 Å². The van der Waals surface area contributed by atoms with E-state index >= 15 is 0 Å². The lowest BCUT2D eigenvalue weighted by atomic mass is 10.0. The molecule has 7 heteroatoms. The Bertz CT molecular complexity index is 805. The molecule has 0 aliphatic rings. The van der Waals surface area contributed by atoms with Crippen LogP contribution in [0.5, 0.6) is 0 Å². The Balaban J connectivity index is 1.87. The summed E-state index contributed by atoms with van der Waals surface area (Å²) in [6, 6.07) is 14.5. The topological polar surface area (TPSA) is 128 Å². The lowest BCUT2D eigenvalue weighted by molar-refractivity contribution is -0.136. The first-order valence-electron chi connectivity index (χ1n) is 8.23. The summed E-state index contributed by atoms with van der Waals surface area (Å²) in [5, 5.41) is 21.5. The Morgan fingerprint density at radius 1 is 1.04 bits per heavy atom. The van der Waals surface area contributed by atoms with Crippen molar-refractivity contribution in [1.29, 1.82) is 5.41 Å². The monoisotopic (exact) mass is 354 g/mol. The molecule has 0 atom stereocenters. The van der Waals surface area contributed by atoms with E-state index in [2.05, 4.69) is 10.6 Å². The van der Waals surface area contributed by atoms with Gasteiger partial charge in [0.05, 0.1) is 0 Å².